The third kappa shape index (κ3) is 2.08. The fourth-order valence-corrected chi connectivity index (χ4v) is 1.15. The van der Waals surface area contributed by atoms with Crippen molar-refractivity contribution in [2.24, 2.45) is 0 Å². The van der Waals surface area contributed by atoms with Gasteiger partial charge in [0.05, 0.1) is 0 Å². The van der Waals surface area contributed by atoms with Crippen molar-refractivity contribution in [3.05, 3.63) is 12.2 Å². The molecule has 2 N–H and O–H groups in total. The number of amides is 1. The van der Waals surface area contributed by atoms with Crippen molar-refractivity contribution in [3.63, 3.8) is 0 Å². The Morgan fingerprint density at radius 3 is 3.07 bits per heavy atom. The number of carbonyl (C=O) groups is 1. The van der Waals surface area contributed by atoms with Gasteiger partial charge in [0.25, 0.3) is 0 Å². The zero-order valence-electron chi connectivity index (χ0n) is 8.27. The van der Waals surface area contributed by atoms with E-state index in [1.165, 1.54) is 6.33 Å². The summed E-state index contributed by atoms with van der Waals surface area (Å²) in [5.74, 6) is 0.283. The van der Waals surface area contributed by atoms with E-state index in [-0.39, 0.29) is 12.5 Å². The molecule has 6 nitrogen and oxygen atoms in total. The van der Waals surface area contributed by atoms with Gasteiger partial charge in [0.1, 0.15) is 19.0 Å². The lowest BCUT2D eigenvalue weighted by molar-refractivity contribution is -0.123. The van der Waals surface area contributed by atoms with Crippen molar-refractivity contribution < 1.29 is 9.90 Å². The third-order valence-electron chi connectivity index (χ3n) is 1.94. The SMILES string of the molecule is CCNC(=O)C(C)n1cnnc1CO. The van der Waals surface area contributed by atoms with Crippen molar-refractivity contribution in [3.8, 4) is 0 Å². The molecule has 0 aliphatic rings. The summed E-state index contributed by atoms with van der Waals surface area (Å²) < 4.78 is 1.55. The van der Waals surface area contributed by atoms with Gasteiger partial charge in [-0.3, -0.25) is 4.79 Å². The Labute approximate surface area is 82.0 Å². The maximum Gasteiger partial charge on any atom is 0.242 e. The van der Waals surface area contributed by atoms with E-state index in [2.05, 4.69) is 15.5 Å². The number of nitrogens with one attached hydrogen (secondary N) is 1. The molecule has 1 unspecified atom stereocenters. The van der Waals surface area contributed by atoms with Crippen LogP contribution in [0.15, 0.2) is 6.33 Å². The van der Waals surface area contributed by atoms with Crippen LogP contribution in [0, 0.1) is 0 Å². The van der Waals surface area contributed by atoms with Crippen molar-refractivity contribution in [1.82, 2.24) is 20.1 Å². The first-order valence-corrected chi connectivity index (χ1v) is 4.47. The Hall–Kier alpha value is -1.43. The Morgan fingerprint density at radius 2 is 2.50 bits per heavy atom. The molecule has 1 amide bonds. The maximum atomic E-state index is 11.4. The molecule has 0 fully saturated rings. The molecular weight excluding hydrogens is 184 g/mol. The molecule has 1 aromatic rings. The van der Waals surface area contributed by atoms with Crippen LogP contribution in [0.3, 0.4) is 0 Å². The van der Waals surface area contributed by atoms with Crippen LogP contribution in [0.1, 0.15) is 25.7 Å². The molecule has 0 aliphatic heterocycles. The molecule has 0 spiro atoms. The molecule has 0 saturated carbocycles. The van der Waals surface area contributed by atoms with Crippen LogP contribution < -0.4 is 5.32 Å². The van der Waals surface area contributed by atoms with E-state index in [4.69, 9.17) is 5.11 Å². The first-order valence-electron chi connectivity index (χ1n) is 4.47. The number of carbonyl (C=O) groups excluding carboxylic acids is 1. The predicted octanol–water partition coefficient (Wildman–Crippen LogP) is -0.533. The van der Waals surface area contributed by atoms with Crippen molar-refractivity contribution in [1.29, 1.82) is 0 Å². The quantitative estimate of drug-likeness (QED) is 0.681. The van der Waals surface area contributed by atoms with E-state index >= 15 is 0 Å². The average molecular weight is 198 g/mol. The monoisotopic (exact) mass is 198 g/mol. The van der Waals surface area contributed by atoms with Gasteiger partial charge >= 0.3 is 0 Å². The lowest BCUT2D eigenvalue weighted by Gasteiger charge is -2.13. The number of aromatic nitrogens is 3. The Morgan fingerprint density at radius 1 is 1.79 bits per heavy atom. The van der Waals surface area contributed by atoms with Crippen molar-refractivity contribution in [2.75, 3.05) is 6.54 Å². The summed E-state index contributed by atoms with van der Waals surface area (Å²) in [6.45, 7) is 3.95. The number of rotatable bonds is 4. The first-order chi connectivity index (χ1) is 6.70. The highest BCUT2D eigenvalue weighted by Gasteiger charge is 2.16. The molecule has 0 radical (unpaired) electrons. The minimum atomic E-state index is -0.396. The van der Waals surface area contributed by atoms with Crippen LogP contribution in [0.4, 0.5) is 0 Å². The normalized spacial score (nSPS) is 12.5. The second-order valence-electron chi connectivity index (χ2n) is 2.88. The molecule has 14 heavy (non-hydrogen) atoms. The maximum absolute atomic E-state index is 11.4. The lowest BCUT2D eigenvalue weighted by atomic mass is 10.3. The molecule has 1 atom stereocenters. The van der Waals surface area contributed by atoms with Crippen LogP contribution in [0.2, 0.25) is 0 Å². The fraction of sp³-hybridized carbons (Fsp3) is 0.625. The summed E-state index contributed by atoms with van der Waals surface area (Å²) in [6.07, 6.45) is 1.44. The smallest absolute Gasteiger partial charge is 0.242 e. The summed E-state index contributed by atoms with van der Waals surface area (Å²) in [5, 5.41) is 18.9. The molecule has 78 valence electrons. The number of nitrogens with zero attached hydrogens (tertiary/aromatic N) is 3. The van der Waals surface area contributed by atoms with Crippen LogP contribution in [0.5, 0.6) is 0 Å². The second-order valence-corrected chi connectivity index (χ2v) is 2.88. The molecular formula is C8H14N4O2. The topological polar surface area (TPSA) is 80.0 Å². The lowest BCUT2D eigenvalue weighted by Crippen LogP contribution is -2.31. The van der Waals surface area contributed by atoms with Crippen molar-refractivity contribution >= 4 is 5.91 Å². The highest BCUT2D eigenvalue weighted by atomic mass is 16.3. The fourth-order valence-electron chi connectivity index (χ4n) is 1.15. The van der Waals surface area contributed by atoms with Crippen LogP contribution >= 0.6 is 0 Å². The standard InChI is InChI=1S/C8H14N4O2/c1-3-9-8(14)6(2)12-5-10-11-7(12)4-13/h5-6,13H,3-4H2,1-2H3,(H,9,14). The van der Waals surface area contributed by atoms with Crippen LogP contribution in [-0.4, -0.2) is 32.3 Å². The van der Waals surface area contributed by atoms with E-state index in [0.717, 1.165) is 0 Å². The zero-order chi connectivity index (χ0) is 10.6. The van der Waals surface area contributed by atoms with Crippen molar-refractivity contribution in [2.45, 2.75) is 26.5 Å². The summed E-state index contributed by atoms with van der Waals surface area (Å²) >= 11 is 0. The summed E-state index contributed by atoms with van der Waals surface area (Å²) in [5.41, 5.74) is 0. The van der Waals surface area contributed by atoms with Crippen LogP contribution in [-0.2, 0) is 11.4 Å². The first kappa shape index (κ1) is 10.6. The highest BCUT2D eigenvalue weighted by Crippen LogP contribution is 2.07. The van der Waals surface area contributed by atoms with Gasteiger partial charge in [0, 0.05) is 6.54 Å². The Kier molecular flexibility index (Phi) is 3.58. The molecule has 0 aliphatic carbocycles. The summed E-state index contributed by atoms with van der Waals surface area (Å²) in [6, 6.07) is -0.396. The average Bonchev–Trinajstić information content (AvgIpc) is 2.64. The molecule has 0 bridgehead atoms. The summed E-state index contributed by atoms with van der Waals surface area (Å²) in [4.78, 5) is 11.4. The van der Waals surface area contributed by atoms with Gasteiger partial charge in [-0.2, -0.15) is 0 Å². The second kappa shape index (κ2) is 4.71. The van der Waals surface area contributed by atoms with E-state index in [9.17, 15) is 4.79 Å². The minimum Gasteiger partial charge on any atom is -0.388 e. The minimum absolute atomic E-state index is 0.109. The number of hydrogen-bond donors (Lipinski definition) is 2. The molecule has 6 heteroatoms. The summed E-state index contributed by atoms with van der Waals surface area (Å²) in [7, 11) is 0. The predicted molar refractivity (Wildman–Crippen MR) is 49.3 cm³/mol. The van der Waals surface area contributed by atoms with Gasteiger partial charge in [0.2, 0.25) is 5.91 Å². The highest BCUT2D eigenvalue weighted by molar-refractivity contribution is 5.79. The number of hydrogen-bond acceptors (Lipinski definition) is 4. The van der Waals surface area contributed by atoms with Gasteiger partial charge in [-0.25, -0.2) is 0 Å². The van der Waals surface area contributed by atoms with Gasteiger partial charge in [-0.05, 0) is 13.8 Å². The number of aliphatic hydroxyl groups excluding tert-OH is 1. The number of likely N-dealkylation sites (N-methyl/N-ethyl adjacent to an activating group) is 1. The van der Waals surface area contributed by atoms with Gasteiger partial charge in [-0.15, -0.1) is 10.2 Å². The van der Waals surface area contributed by atoms with E-state index in [1.54, 1.807) is 11.5 Å². The third-order valence-corrected chi connectivity index (χ3v) is 1.94. The molecule has 0 saturated heterocycles. The van der Waals surface area contributed by atoms with Gasteiger partial charge in [-0.1, -0.05) is 0 Å². The molecule has 1 rings (SSSR count). The molecule has 0 aromatic carbocycles. The Balaban J connectivity index is 2.77. The molecule has 1 heterocycles. The van der Waals surface area contributed by atoms with Gasteiger partial charge in [0.15, 0.2) is 5.82 Å². The zero-order valence-corrected chi connectivity index (χ0v) is 8.27. The van der Waals surface area contributed by atoms with E-state index < -0.39 is 6.04 Å². The van der Waals surface area contributed by atoms with Gasteiger partial charge < -0.3 is 15.0 Å². The Bertz CT molecular complexity index is 310. The van der Waals surface area contributed by atoms with E-state index in [1.807, 2.05) is 6.92 Å². The van der Waals surface area contributed by atoms with E-state index in [0.29, 0.717) is 12.4 Å². The largest absolute Gasteiger partial charge is 0.388 e. The van der Waals surface area contributed by atoms with Crippen LogP contribution in [0.25, 0.3) is 0 Å². The number of aliphatic hydroxyl groups is 1. The molecule has 1 aromatic heterocycles.